The summed E-state index contributed by atoms with van der Waals surface area (Å²) in [7, 11) is 0. The van der Waals surface area contributed by atoms with Crippen molar-refractivity contribution < 1.29 is 9.59 Å². The van der Waals surface area contributed by atoms with Crippen LogP contribution in [0.4, 0.5) is 10.7 Å². The molecule has 0 bridgehead atoms. The van der Waals surface area contributed by atoms with E-state index in [0.29, 0.717) is 16.5 Å². The second-order valence-corrected chi connectivity index (χ2v) is 13.0. The summed E-state index contributed by atoms with van der Waals surface area (Å²) in [6, 6.07) is 10.0. The lowest BCUT2D eigenvalue weighted by molar-refractivity contribution is -0.120. The van der Waals surface area contributed by atoms with Crippen molar-refractivity contribution in [2.45, 2.75) is 77.0 Å². The molecular weight excluding hydrogens is 474 g/mol. The van der Waals surface area contributed by atoms with Crippen molar-refractivity contribution in [3.63, 3.8) is 0 Å². The largest absolute Gasteiger partial charge is 0.326 e. The molecule has 186 valence electrons. The van der Waals surface area contributed by atoms with Gasteiger partial charge in [0.05, 0.1) is 11.3 Å². The SMILES string of the molecule is CC(C)(C)C1CCc2c(sc(NC(=O)CSc3cccc(NC(=O)C4CCCCC4)c3)c2C#N)C1. The number of nitriles is 1. The number of hydrogen-bond acceptors (Lipinski definition) is 5. The van der Waals surface area contributed by atoms with E-state index in [0.717, 1.165) is 61.1 Å². The maximum Gasteiger partial charge on any atom is 0.235 e. The third kappa shape index (κ3) is 6.48. The summed E-state index contributed by atoms with van der Waals surface area (Å²) in [5, 5.41) is 16.5. The quantitative estimate of drug-likeness (QED) is 0.410. The summed E-state index contributed by atoms with van der Waals surface area (Å²) in [5.74, 6) is 0.927. The minimum atomic E-state index is -0.117. The molecular formula is C28H35N3O2S2. The highest BCUT2D eigenvalue weighted by Gasteiger charge is 2.32. The van der Waals surface area contributed by atoms with Gasteiger partial charge in [0.2, 0.25) is 11.8 Å². The fraction of sp³-hybridized carbons (Fsp3) is 0.536. The number of carbonyl (C=O) groups is 2. The first-order valence-corrected chi connectivity index (χ1v) is 14.4. The minimum Gasteiger partial charge on any atom is -0.326 e. The van der Waals surface area contributed by atoms with E-state index < -0.39 is 0 Å². The van der Waals surface area contributed by atoms with Crippen LogP contribution in [0.3, 0.4) is 0 Å². The standard InChI is InChI=1S/C28H35N3O2S2/c1-28(2,3)19-12-13-22-23(16-29)27(35-24(22)14-19)31-25(32)17-34-21-11-7-10-20(15-21)30-26(33)18-8-5-4-6-9-18/h7,10-11,15,18-19H,4-6,8-9,12-14,17H2,1-3H3,(H,30,33)(H,31,32). The van der Waals surface area contributed by atoms with Gasteiger partial charge in [-0.2, -0.15) is 5.26 Å². The Bertz CT molecular complexity index is 1120. The normalized spacial score (nSPS) is 18.4. The first-order valence-electron chi connectivity index (χ1n) is 12.6. The molecule has 2 N–H and O–H groups in total. The van der Waals surface area contributed by atoms with E-state index in [1.807, 2.05) is 24.3 Å². The van der Waals surface area contributed by atoms with Gasteiger partial charge >= 0.3 is 0 Å². The number of benzene rings is 1. The van der Waals surface area contributed by atoms with E-state index >= 15 is 0 Å². The summed E-state index contributed by atoms with van der Waals surface area (Å²) in [5.41, 5.74) is 2.78. The molecule has 1 unspecified atom stereocenters. The molecule has 1 fully saturated rings. The smallest absolute Gasteiger partial charge is 0.235 e. The lowest BCUT2D eigenvalue weighted by atomic mass is 9.72. The van der Waals surface area contributed by atoms with Crippen LogP contribution >= 0.6 is 23.1 Å². The molecule has 7 heteroatoms. The molecule has 0 aliphatic heterocycles. The van der Waals surface area contributed by atoms with Crippen LogP contribution in [0.2, 0.25) is 0 Å². The molecule has 0 spiro atoms. The van der Waals surface area contributed by atoms with E-state index in [1.165, 1.54) is 23.1 Å². The number of thiophene rings is 1. The Labute approximate surface area is 217 Å². The second-order valence-electron chi connectivity index (χ2n) is 10.8. The van der Waals surface area contributed by atoms with Gasteiger partial charge in [-0.3, -0.25) is 9.59 Å². The van der Waals surface area contributed by atoms with Crippen LogP contribution in [0.5, 0.6) is 0 Å². The van der Waals surface area contributed by atoms with Crippen molar-refractivity contribution in [3.05, 3.63) is 40.3 Å². The molecule has 2 aromatic rings. The molecule has 1 atom stereocenters. The number of anilines is 2. The van der Waals surface area contributed by atoms with E-state index in [-0.39, 0.29) is 28.9 Å². The number of amides is 2. The van der Waals surface area contributed by atoms with Gasteiger partial charge in [0.15, 0.2) is 0 Å². The summed E-state index contributed by atoms with van der Waals surface area (Å²) in [6.45, 7) is 6.83. The van der Waals surface area contributed by atoms with Crippen LogP contribution in [0.25, 0.3) is 0 Å². The zero-order valence-electron chi connectivity index (χ0n) is 20.9. The van der Waals surface area contributed by atoms with Crippen LogP contribution in [0.1, 0.15) is 75.3 Å². The highest BCUT2D eigenvalue weighted by Crippen LogP contribution is 2.44. The fourth-order valence-corrected chi connectivity index (χ4v) is 7.16. The molecule has 0 radical (unpaired) electrons. The van der Waals surface area contributed by atoms with Gasteiger partial charge in [-0.1, -0.05) is 46.1 Å². The Kier molecular flexibility index (Phi) is 8.23. The van der Waals surface area contributed by atoms with E-state index in [4.69, 9.17) is 0 Å². The number of hydrogen-bond donors (Lipinski definition) is 2. The fourth-order valence-electron chi connectivity index (χ4n) is 5.12. The van der Waals surface area contributed by atoms with Gasteiger partial charge in [0, 0.05) is 21.4 Å². The van der Waals surface area contributed by atoms with E-state index in [2.05, 4.69) is 37.5 Å². The zero-order valence-corrected chi connectivity index (χ0v) is 22.5. The monoisotopic (exact) mass is 509 g/mol. The maximum absolute atomic E-state index is 12.8. The number of fused-ring (bicyclic) bond motifs is 1. The predicted molar refractivity (Wildman–Crippen MR) is 145 cm³/mol. The molecule has 4 rings (SSSR count). The van der Waals surface area contributed by atoms with Gasteiger partial charge in [-0.25, -0.2) is 0 Å². The maximum atomic E-state index is 12.8. The molecule has 5 nitrogen and oxygen atoms in total. The molecule has 1 heterocycles. The van der Waals surface area contributed by atoms with Gasteiger partial charge in [0.25, 0.3) is 0 Å². The van der Waals surface area contributed by atoms with Crippen molar-refractivity contribution >= 4 is 45.6 Å². The van der Waals surface area contributed by atoms with E-state index in [9.17, 15) is 14.9 Å². The number of thioether (sulfide) groups is 1. The highest BCUT2D eigenvalue weighted by atomic mass is 32.2. The van der Waals surface area contributed by atoms with Gasteiger partial charge in [0.1, 0.15) is 11.1 Å². The first-order chi connectivity index (χ1) is 16.7. The van der Waals surface area contributed by atoms with Crippen LogP contribution in [0, 0.1) is 28.6 Å². The highest BCUT2D eigenvalue weighted by molar-refractivity contribution is 8.00. The van der Waals surface area contributed by atoms with Crippen molar-refractivity contribution in [2.24, 2.45) is 17.3 Å². The number of rotatable bonds is 6. The Hall–Kier alpha value is -2.30. The topological polar surface area (TPSA) is 82.0 Å². The van der Waals surface area contributed by atoms with Crippen LogP contribution in [0.15, 0.2) is 29.2 Å². The van der Waals surface area contributed by atoms with Gasteiger partial charge in [-0.05, 0) is 67.2 Å². The molecule has 1 saturated carbocycles. The lowest BCUT2D eigenvalue weighted by Crippen LogP contribution is -2.26. The first kappa shape index (κ1) is 25.8. The second kappa shape index (κ2) is 11.2. The van der Waals surface area contributed by atoms with E-state index in [1.54, 1.807) is 11.3 Å². The number of carbonyl (C=O) groups excluding carboxylic acids is 2. The molecule has 1 aromatic carbocycles. The van der Waals surface area contributed by atoms with Gasteiger partial charge < -0.3 is 10.6 Å². The van der Waals surface area contributed by atoms with Crippen molar-refractivity contribution in [1.82, 2.24) is 0 Å². The van der Waals surface area contributed by atoms with Crippen molar-refractivity contribution in [3.8, 4) is 6.07 Å². The Balaban J connectivity index is 1.34. The third-order valence-corrected chi connectivity index (χ3v) is 9.47. The third-order valence-electron chi connectivity index (χ3n) is 7.30. The van der Waals surface area contributed by atoms with Crippen molar-refractivity contribution in [2.75, 3.05) is 16.4 Å². The zero-order chi connectivity index (χ0) is 25.0. The molecule has 0 saturated heterocycles. The Morgan fingerprint density at radius 2 is 1.91 bits per heavy atom. The molecule has 35 heavy (non-hydrogen) atoms. The van der Waals surface area contributed by atoms with Gasteiger partial charge in [-0.15, -0.1) is 23.1 Å². The number of nitrogens with one attached hydrogen (secondary N) is 2. The Morgan fingerprint density at radius 1 is 1.14 bits per heavy atom. The molecule has 2 aliphatic carbocycles. The van der Waals surface area contributed by atoms with Crippen molar-refractivity contribution in [1.29, 1.82) is 5.26 Å². The minimum absolute atomic E-state index is 0.101. The summed E-state index contributed by atoms with van der Waals surface area (Å²) in [4.78, 5) is 27.5. The lowest BCUT2D eigenvalue weighted by Gasteiger charge is -2.33. The van der Waals surface area contributed by atoms with Crippen LogP contribution in [-0.2, 0) is 22.4 Å². The summed E-state index contributed by atoms with van der Waals surface area (Å²) >= 11 is 3.00. The molecule has 1 aromatic heterocycles. The molecule has 2 amide bonds. The van der Waals surface area contributed by atoms with Crippen LogP contribution in [-0.4, -0.2) is 17.6 Å². The van der Waals surface area contributed by atoms with Crippen LogP contribution < -0.4 is 10.6 Å². The Morgan fingerprint density at radius 3 is 2.63 bits per heavy atom. The average molecular weight is 510 g/mol. The predicted octanol–water partition coefficient (Wildman–Crippen LogP) is 7.02. The average Bonchev–Trinajstić information content (AvgIpc) is 3.19. The summed E-state index contributed by atoms with van der Waals surface area (Å²) in [6.07, 6.45) is 8.37. The summed E-state index contributed by atoms with van der Waals surface area (Å²) < 4.78 is 0. The molecule has 2 aliphatic rings. The number of nitrogens with zero attached hydrogens (tertiary/aromatic N) is 1.